The fourth-order valence-electron chi connectivity index (χ4n) is 6.57. The first-order chi connectivity index (χ1) is 21.8. The summed E-state index contributed by atoms with van der Waals surface area (Å²) in [7, 11) is 7.03. The molecule has 2 aromatic rings. The molecule has 0 spiro atoms. The van der Waals surface area contributed by atoms with E-state index >= 15 is 0 Å². The zero-order valence-electron chi connectivity index (χ0n) is 27.7. The van der Waals surface area contributed by atoms with Crippen LogP contribution in [-0.4, -0.2) is 108 Å². The monoisotopic (exact) mass is 641 g/mol. The molecule has 1 aromatic heterocycles. The molecule has 2 fully saturated rings. The third kappa shape index (κ3) is 7.64. The minimum absolute atomic E-state index is 0.107. The van der Waals surface area contributed by atoms with Crippen LogP contribution < -0.4 is 16.2 Å². The first-order valence-electron chi connectivity index (χ1n) is 16.0. The maximum absolute atomic E-state index is 13.6. The second-order valence-electron chi connectivity index (χ2n) is 13.3. The Kier molecular flexibility index (Phi) is 11.3. The maximum Gasteiger partial charge on any atom is 0.296 e. The molecule has 6 rings (SSSR count). The number of aryl methyl sites for hydroxylation is 1. The molecule has 2 amide bonds. The summed E-state index contributed by atoms with van der Waals surface area (Å²) < 4.78 is 15.2. The number of likely N-dealkylation sites (tertiary alicyclic amines) is 1. The highest BCUT2D eigenvalue weighted by molar-refractivity contribution is 6.23. The van der Waals surface area contributed by atoms with Crippen molar-refractivity contribution in [2.45, 2.75) is 64.1 Å². The molecular formula is C33H48FN7O5. The Labute approximate surface area is 270 Å². The van der Waals surface area contributed by atoms with Crippen molar-refractivity contribution in [2.75, 3.05) is 60.9 Å². The lowest BCUT2D eigenvalue weighted by molar-refractivity contribution is -0.136. The molecule has 0 atom stereocenters. The van der Waals surface area contributed by atoms with Crippen LogP contribution in [0.5, 0.6) is 5.75 Å². The number of amides is 2. The molecule has 1 aromatic carbocycles. The molecule has 1 saturated heterocycles. The van der Waals surface area contributed by atoms with Crippen LogP contribution in [0.2, 0.25) is 0 Å². The lowest BCUT2D eigenvalue weighted by atomic mass is 9.68. The van der Waals surface area contributed by atoms with Gasteiger partial charge in [-0.3, -0.25) is 28.6 Å². The van der Waals surface area contributed by atoms with Crippen LogP contribution in [0.4, 0.5) is 4.39 Å². The van der Waals surface area contributed by atoms with Crippen molar-refractivity contribution >= 4 is 18.1 Å². The van der Waals surface area contributed by atoms with Gasteiger partial charge in [0, 0.05) is 39.1 Å². The molecule has 13 heteroatoms. The number of hydrogen-bond acceptors (Lipinski definition) is 9. The normalized spacial score (nSPS) is 21.8. The Morgan fingerprint density at radius 2 is 1.83 bits per heavy atom. The van der Waals surface area contributed by atoms with Gasteiger partial charge >= 0.3 is 0 Å². The van der Waals surface area contributed by atoms with E-state index < -0.39 is 28.7 Å². The van der Waals surface area contributed by atoms with Crippen LogP contribution in [0.1, 0.15) is 66.0 Å². The maximum atomic E-state index is 13.6. The third-order valence-corrected chi connectivity index (χ3v) is 9.76. The van der Waals surface area contributed by atoms with Gasteiger partial charge in [0.1, 0.15) is 11.6 Å². The Balaban J connectivity index is 0.000000617. The van der Waals surface area contributed by atoms with E-state index in [1.54, 1.807) is 23.6 Å². The van der Waals surface area contributed by atoms with Crippen LogP contribution in [0.25, 0.3) is 0 Å². The van der Waals surface area contributed by atoms with Gasteiger partial charge < -0.3 is 25.5 Å². The van der Waals surface area contributed by atoms with E-state index in [4.69, 9.17) is 4.98 Å². The summed E-state index contributed by atoms with van der Waals surface area (Å²) in [5, 5.41) is 17.3. The zero-order chi connectivity index (χ0) is 33.6. The quantitative estimate of drug-likeness (QED) is 0.190. The summed E-state index contributed by atoms with van der Waals surface area (Å²) in [5.74, 6) is -1.51. The summed E-state index contributed by atoms with van der Waals surface area (Å²) in [4.78, 5) is 56.8. The molecule has 1 saturated carbocycles. The minimum Gasteiger partial charge on any atom is -0.501 e. The van der Waals surface area contributed by atoms with Gasteiger partial charge in [-0.2, -0.15) is 0 Å². The number of rotatable bonds is 11. The van der Waals surface area contributed by atoms with E-state index in [-0.39, 0.29) is 29.8 Å². The van der Waals surface area contributed by atoms with E-state index in [1.165, 1.54) is 44.6 Å². The van der Waals surface area contributed by atoms with Gasteiger partial charge in [0.05, 0.1) is 5.54 Å². The number of carbonyl (C=O) groups excluding carboxylic acids is 3. The van der Waals surface area contributed by atoms with E-state index in [0.29, 0.717) is 17.9 Å². The third-order valence-electron chi connectivity index (χ3n) is 9.76. The predicted octanol–water partition coefficient (Wildman–Crippen LogP) is 1.62. The van der Waals surface area contributed by atoms with Gasteiger partial charge in [0.25, 0.3) is 17.4 Å². The standard InChI is InChI=1S/C29H41FN6O3.C4H7NO2/c1-20-16-21(6-7-22(20)30)17-32-25(38)23-24(37)26(39)36-19-28(18-31-12-4-13-35-14-5-15-35)8-10-29(11-9-28,34(2)3)27(36)33-23;1-5(2)4(7)3-6/h6-7,16,31,37H,4-5,8-15,17-19H2,1-3H3,(H,32,38);3H,1-2H3. The highest BCUT2D eigenvalue weighted by Gasteiger charge is 2.51. The Morgan fingerprint density at radius 3 is 2.37 bits per heavy atom. The number of likely N-dealkylation sites (N-methyl/N-ethyl adjacent to an activating group) is 1. The fraction of sp³-hybridized carbons (Fsp3) is 0.606. The van der Waals surface area contributed by atoms with E-state index in [1.807, 2.05) is 14.1 Å². The minimum atomic E-state index is -0.626. The molecule has 3 aliphatic heterocycles. The van der Waals surface area contributed by atoms with Crippen molar-refractivity contribution in [3.8, 4) is 5.75 Å². The number of fused-ring (bicyclic) bond motifs is 2. The van der Waals surface area contributed by atoms with Gasteiger partial charge in [-0.05, 0) is 103 Å². The molecule has 12 nitrogen and oxygen atoms in total. The van der Waals surface area contributed by atoms with Crippen LogP contribution in [0.15, 0.2) is 23.0 Å². The first kappa shape index (κ1) is 35.2. The van der Waals surface area contributed by atoms with Crippen LogP contribution in [-0.2, 0) is 28.2 Å². The number of nitrogens with zero attached hydrogens (tertiary/aromatic N) is 5. The highest BCUT2D eigenvalue weighted by atomic mass is 19.1. The molecule has 0 radical (unpaired) electrons. The number of halogens is 1. The fourth-order valence-corrected chi connectivity index (χ4v) is 6.57. The largest absolute Gasteiger partial charge is 0.501 e. The summed E-state index contributed by atoms with van der Waals surface area (Å²) in [6, 6.07) is 4.61. The van der Waals surface area contributed by atoms with Crippen LogP contribution in [0, 0.1) is 18.2 Å². The van der Waals surface area contributed by atoms with E-state index in [2.05, 4.69) is 20.4 Å². The number of aromatic hydroxyl groups is 1. The Morgan fingerprint density at radius 1 is 1.13 bits per heavy atom. The molecule has 1 aliphatic carbocycles. The average Bonchev–Trinajstić information content (AvgIpc) is 3.24. The summed E-state index contributed by atoms with van der Waals surface area (Å²) in [6.07, 6.45) is 6.19. The van der Waals surface area contributed by atoms with E-state index in [0.717, 1.165) is 57.3 Å². The summed E-state index contributed by atoms with van der Waals surface area (Å²) in [6.45, 7) is 7.54. The van der Waals surface area contributed by atoms with Crippen molar-refractivity contribution in [3.05, 3.63) is 57.0 Å². The van der Waals surface area contributed by atoms with Gasteiger partial charge in [0.15, 0.2) is 5.69 Å². The molecule has 46 heavy (non-hydrogen) atoms. The lowest BCUT2D eigenvalue weighted by Crippen LogP contribution is -2.48. The smallest absolute Gasteiger partial charge is 0.296 e. The van der Waals surface area contributed by atoms with Crippen molar-refractivity contribution in [1.82, 2.24) is 34.9 Å². The van der Waals surface area contributed by atoms with Gasteiger partial charge in [-0.25, -0.2) is 9.37 Å². The Bertz CT molecular complexity index is 1480. The number of carbonyl (C=O) groups is 3. The van der Waals surface area contributed by atoms with E-state index in [9.17, 15) is 28.7 Å². The lowest BCUT2D eigenvalue weighted by Gasteiger charge is -2.45. The number of aldehydes is 1. The van der Waals surface area contributed by atoms with Gasteiger partial charge in [-0.15, -0.1) is 0 Å². The summed E-state index contributed by atoms with van der Waals surface area (Å²) in [5.41, 5.74) is -0.225. The van der Waals surface area contributed by atoms with Gasteiger partial charge in [-0.1, -0.05) is 12.1 Å². The molecule has 4 heterocycles. The Hall–Kier alpha value is -3.68. The van der Waals surface area contributed by atoms with Crippen molar-refractivity contribution in [2.24, 2.45) is 5.41 Å². The number of nitrogens with one attached hydrogen (secondary N) is 2. The number of aromatic nitrogens is 2. The van der Waals surface area contributed by atoms with Crippen molar-refractivity contribution < 1.29 is 23.9 Å². The zero-order valence-corrected chi connectivity index (χ0v) is 27.7. The number of hydrogen-bond donors (Lipinski definition) is 3. The van der Waals surface area contributed by atoms with Crippen LogP contribution in [0.3, 0.4) is 0 Å². The SMILES string of the molecule is CN(C)C(=O)C=O.Cc1cc(CNC(=O)c2nc3n(c(=O)c2O)CC2(CNCCCN4CCC4)CCC3(N(C)C)CC2)ccc1F. The van der Waals surface area contributed by atoms with Crippen molar-refractivity contribution in [1.29, 1.82) is 0 Å². The van der Waals surface area contributed by atoms with Gasteiger partial charge in [0.2, 0.25) is 12.0 Å². The average molecular weight is 642 g/mol. The second-order valence-corrected chi connectivity index (χ2v) is 13.3. The first-order valence-corrected chi connectivity index (χ1v) is 16.0. The molecule has 3 N–H and O–H groups in total. The summed E-state index contributed by atoms with van der Waals surface area (Å²) >= 11 is 0. The molecular weight excluding hydrogens is 593 g/mol. The highest BCUT2D eigenvalue weighted by Crippen LogP contribution is 2.51. The predicted molar refractivity (Wildman–Crippen MR) is 172 cm³/mol. The molecule has 0 unspecified atom stereocenters. The topological polar surface area (TPSA) is 140 Å². The number of benzene rings is 1. The second kappa shape index (κ2) is 14.8. The molecule has 4 aliphatic rings. The molecule has 2 bridgehead atoms. The van der Waals surface area contributed by atoms with Crippen molar-refractivity contribution in [3.63, 3.8) is 0 Å². The van der Waals surface area contributed by atoms with Crippen LogP contribution >= 0.6 is 0 Å². The molecule has 252 valence electrons.